The quantitative estimate of drug-likeness (QED) is 0.898. The van der Waals surface area contributed by atoms with E-state index in [0.717, 1.165) is 12.8 Å². The van der Waals surface area contributed by atoms with Crippen molar-refractivity contribution in [1.29, 1.82) is 0 Å². The van der Waals surface area contributed by atoms with Crippen LogP contribution < -0.4 is 20.5 Å². The highest BCUT2D eigenvalue weighted by Gasteiger charge is 2.47. The highest BCUT2D eigenvalue weighted by atomic mass is 19.3. The van der Waals surface area contributed by atoms with Gasteiger partial charge in [0.05, 0.1) is 5.41 Å². The maximum absolute atomic E-state index is 12.9. The number of benzene rings is 1. The molecule has 1 aliphatic carbocycles. The zero-order valence-corrected chi connectivity index (χ0v) is 11.5. The lowest BCUT2D eigenvalue weighted by molar-refractivity contribution is -0.286. The van der Waals surface area contributed by atoms with Crippen LogP contribution in [-0.4, -0.2) is 18.7 Å². The fourth-order valence-corrected chi connectivity index (χ4v) is 3.01. The first kappa shape index (κ1) is 14.1. The Kier molecular flexibility index (Phi) is 3.05. The van der Waals surface area contributed by atoms with Crippen molar-refractivity contribution in [3.8, 4) is 11.5 Å². The molecule has 0 bridgehead atoms. The average Bonchev–Trinajstić information content (AvgIpc) is 2.67. The van der Waals surface area contributed by atoms with Gasteiger partial charge in [-0.15, -0.1) is 8.78 Å². The van der Waals surface area contributed by atoms with E-state index in [-0.39, 0.29) is 24.0 Å². The van der Waals surface area contributed by atoms with Crippen molar-refractivity contribution in [2.45, 2.75) is 26.1 Å². The molecule has 0 saturated heterocycles. The Morgan fingerprint density at radius 1 is 1.38 bits per heavy atom. The lowest BCUT2D eigenvalue weighted by atomic mass is 9.62. The van der Waals surface area contributed by atoms with Gasteiger partial charge in [0.15, 0.2) is 11.5 Å². The number of carbonyl (C=O) groups is 1. The van der Waals surface area contributed by atoms with E-state index in [1.165, 1.54) is 18.2 Å². The Balaban J connectivity index is 1.74. The van der Waals surface area contributed by atoms with Crippen LogP contribution in [0.2, 0.25) is 0 Å². The fourth-order valence-electron chi connectivity index (χ4n) is 3.01. The van der Waals surface area contributed by atoms with E-state index in [0.29, 0.717) is 11.6 Å². The van der Waals surface area contributed by atoms with Gasteiger partial charge in [-0.1, -0.05) is 6.92 Å². The normalized spacial score (nSPS) is 28.9. The molecule has 1 heterocycles. The molecule has 1 aliphatic heterocycles. The maximum Gasteiger partial charge on any atom is 0.586 e. The second kappa shape index (κ2) is 4.56. The first-order chi connectivity index (χ1) is 9.83. The van der Waals surface area contributed by atoms with E-state index in [4.69, 9.17) is 5.73 Å². The molecule has 3 N–H and O–H groups in total. The summed E-state index contributed by atoms with van der Waals surface area (Å²) in [5, 5.41) is 2.71. The third kappa shape index (κ3) is 2.42. The monoisotopic (exact) mass is 298 g/mol. The molecule has 0 unspecified atom stereocenters. The summed E-state index contributed by atoms with van der Waals surface area (Å²) in [5.41, 5.74) is 5.53. The Morgan fingerprint density at radius 3 is 2.67 bits per heavy atom. The number of nitrogens with one attached hydrogen (secondary N) is 1. The third-order valence-electron chi connectivity index (χ3n) is 4.01. The van der Waals surface area contributed by atoms with Gasteiger partial charge in [0.25, 0.3) is 0 Å². The smallest absolute Gasteiger partial charge is 0.395 e. The Labute approximate surface area is 120 Å². The molecule has 3 rings (SSSR count). The van der Waals surface area contributed by atoms with Gasteiger partial charge in [0.1, 0.15) is 0 Å². The van der Waals surface area contributed by atoms with E-state index in [2.05, 4.69) is 21.7 Å². The van der Waals surface area contributed by atoms with Crippen molar-refractivity contribution in [1.82, 2.24) is 0 Å². The number of nitrogens with two attached hydrogens (primary N) is 1. The van der Waals surface area contributed by atoms with Crippen molar-refractivity contribution in [3.63, 3.8) is 0 Å². The largest absolute Gasteiger partial charge is 0.586 e. The lowest BCUT2D eigenvalue weighted by Gasteiger charge is -2.44. The van der Waals surface area contributed by atoms with Crippen LogP contribution in [0.3, 0.4) is 0 Å². The summed E-state index contributed by atoms with van der Waals surface area (Å²) in [5.74, 6) is 0.133. The molecule has 5 nitrogen and oxygen atoms in total. The van der Waals surface area contributed by atoms with Crippen molar-refractivity contribution in [2.24, 2.45) is 17.1 Å². The van der Waals surface area contributed by atoms with E-state index >= 15 is 0 Å². The summed E-state index contributed by atoms with van der Waals surface area (Å²) in [4.78, 5) is 12.3. The van der Waals surface area contributed by atoms with Crippen molar-refractivity contribution in [2.75, 3.05) is 11.9 Å². The van der Waals surface area contributed by atoms with Crippen molar-refractivity contribution in [3.05, 3.63) is 18.2 Å². The number of amides is 1. The minimum absolute atomic E-state index is 0.0520. The van der Waals surface area contributed by atoms with Crippen LogP contribution in [0, 0.1) is 11.3 Å². The third-order valence-corrected chi connectivity index (χ3v) is 4.01. The van der Waals surface area contributed by atoms with Gasteiger partial charge in [-0.25, -0.2) is 0 Å². The predicted molar refractivity (Wildman–Crippen MR) is 71.2 cm³/mol. The molecule has 0 radical (unpaired) electrons. The van der Waals surface area contributed by atoms with Gasteiger partial charge < -0.3 is 20.5 Å². The molecule has 0 aromatic heterocycles. The highest BCUT2D eigenvalue weighted by molar-refractivity contribution is 5.96. The first-order valence-electron chi connectivity index (χ1n) is 6.75. The molecular formula is C14H16F2N2O3. The summed E-state index contributed by atoms with van der Waals surface area (Å²) in [6.45, 7) is 2.33. The number of rotatable bonds is 3. The second-order valence-electron chi connectivity index (χ2n) is 5.78. The number of hydrogen-bond acceptors (Lipinski definition) is 4. The Hall–Kier alpha value is -1.89. The number of ether oxygens (including phenoxy) is 2. The van der Waals surface area contributed by atoms with Crippen LogP contribution in [-0.2, 0) is 4.79 Å². The highest BCUT2D eigenvalue weighted by Crippen LogP contribution is 2.46. The number of hydrogen-bond donors (Lipinski definition) is 2. The predicted octanol–water partition coefficient (Wildman–Crippen LogP) is 2.32. The van der Waals surface area contributed by atoms with Crippen LogP contribution in [0.1, 0.15) is 19.8 Å². The molecular weight excluding hydrogens is 282 g/mol. The zero-order valence-electron chi connectivity index (χ0n) is 11.5. The molecule has 21 heavy (non-hydrogen) atoms. The average molecular weight is 298 g/mol. The van der Waals surface area contributed by atoms with Gasteiger partial charge in [0.2, 0.25) is 5.91 Å². The molecule has 0 atom stereocenters. The molecule has 1 amide bonds. The maximum atomic E-state index is 12.9. The number of fused-ring (bicyclic) bond motifs is 1. The molecule has 114 valence electrons. The number of carbonyl (C=O) groups excluding carboxylic acids is 1. The van der Waals surface area contributed by atoms with Gasteiger partial charge in [-0.05, 0) is 30.9 Å². The summed E-state index contributed by atoms with van der Waals surface area (Å²) in [6, 6.07) is 4.15. The minimum atomic E-state index is -3.66. The fraction of sp³-hybridized carbons (Fsp3) is 0.500. The summed E-state index contributed by atoms with van der Waals surface area (Å²) in [7, 11) is 0. The van der Waals surface area contributed by atoms with E-state index in [1.54, 1.807) is 0 Å². The molecule has 1 saturated carbocycles. The molecule has 1 aromatic rings. The Bertz CT molecular complexity index is 586. The van der Waals surface area contributed by atoms with Crippen molar-refractivity contribution < 1.29 is 23.0 Å². The number of anilines is 1. The molecule has 7 heteroatoms. The van der Waals surface area contributed by atoms with Crippen LogP contribution in [0.25, 0.3) is 0 Å². The first-order valence-corrected chi connectivity index (χ1v) is 6.75. The number of alkyl halides is 2. The number of halogens is 2. The van der Waals surface area contributed by atoms with E-state index < -0.39 is 11.7 Å². The Morgan fingerprint density at radius 2 is 2.05 bits per heavy atom. The van der Waals surface area contributed by atoms with Gasteiger partial charge >= 0.3 is 6.29 Å². The summed E-state index contributed by atoms with van der Waals surface area (Å²) in [6.07, 6.45) is -2.19. The molecule has 1 fully saturated rings. The molecule has 2 aliphatic rings. The van der Waals surface area contributed by atoms with Crippen molar-refractivity contribution >= 4 is 11.6 Å². The topological polar surface area (TPSA) is 73.6 Å². The van der Waals surface area contributed by atoms with Gasteiger partial charge in [-0.2, -0.15) is 0 Å². The van der Waals surface area contributed by atoms with Crippen LogP contribution >= 0.6 is 0 Å². The molecule has 1 aromatic carbocycles. The van der Waals surface area contributed by atoms with E-state index in [9.17, 15) is 13.6 Å². The van der Waals surface area contributed by atoms with Crippen LogP contribution in [0.5, 0.6) is 11.5 Å². The van der Waals surface area contributed by atoms with Gasteiger partial charge in [0, 0.05) is 18.3 Å². The zero-order chi connectivity index (χ0) is 15.3. The van der Waals surface area contributed by atoms with Crippen LogP contribution in [0.15, 0.2) is 18.2 Å². The summed E-state index contributed by atoms with van der Waals surface area (Å²) < 4.78 is 34.5. The minimum Gasteiger partial charge on any atom is -0.395 e. The van der Waals surface area contributed by atoms with Gasteiger partial charge in [-0.3, -0.25) is 4.79 Å². The van der Waals surface area contributed by atoms with E-state index in [1.807, 2.05) is 0 Å². The lowest BCUT2D eigenvalue weighted by Crippen LogP contribution is -2.51. The molecule has 0 spiro atoms. The van der Waals surface area contributed by atoms with Crippen LogP contribution in [0.4, 0.5) is 14.5 Å². The SMILES string of the molecule is CC1CC(CN)(C(=O)Nc2ccc3c(c2)OC(F)(F)O3)C1. The summed E-state index contributed by atoms with van der Waals surface area (Å²) >= 11 is 0. The second-order valence-corrected chi connectivity index (χ2v) is 5.78. The standard InChI is InChI=1S/C14H16F2N2O3/c1-8-5-13(6-8,7-17)12(19)18-9-2-3-10-11(4-9)21-14(15,16)20-10/h2-4,8H,5-7,17H2,1H3,(H,18,19).